The van der Waals surface area contributed by atoms with Crippen LogP contribution in [0.3, 0.4) is 0 Å². The lowest BCUT2D eigenvalue weighted by molar-refractivity contribution is 0.0661. The predicted molar refractivity (Wildman–Crippen MR) is 67.3 cm³/mol. The molecule has 0 bridgehead atoms. The number of carbonyl (C=O) groups is 1. The van der Waals surface area contributed by atoms with Gasteiger partial charge in [-0.3, -0.25) is 0 Å². The third kappa shape index (κ3) is 2.24. The van der Waals surface area contributed by atoms with E-state index in [0.717, 1.165) is 6.42 Å². The molecule has 0 atom stereocenters. The topological polar surface area (TPSA) is 72.6 Å². The van der Waals surface area contributed by atoms with Crippen LogP contribution in [-0.4, -0.2) is 23.2 Å². The van der Waals surface area contributed by atoms with Gasteiger partial charge < -0.3 is 14.3 Å². The summed E-state index contributed by atoms with van der Waals surface area (Å²) in [7, 11) is 1.56. The molecule has 0 radical (unpaired) electrons. The number of carboxylic acids is 1. The number of oxazole rings is 1. The summed E-state index contributed by atoms with van der Waals surface area (Å²) in [4.78, 5) is 16.0. The number of carboxylic acid groups (broad SMARTS) is 1. The summed E-state index contributed by atoms with van der Waals surface area (Å²) < 4.78 is 10.5. The third-order valence-corrected chi connectivity index (χ3v) is 3.31. The number of aryl methyl sites for hydroxylation is 1. The largest absolute Gasteiger partial charge is 0.495 e. The molecule has 0 amide bonds. The fourth-order valence-electron chi connectivity index (χ4n) is 1.64. The molecule has 5 nitrogen and oxygen atoms in total. The first-order valence-corrected chi connectivity index (χ1v) is 6.40. The van der Waals surface area contributed by atoms with Crippen molar-refractivity contribution < 1.29 is 19.1 Å². The van der Waals surface area contributed by atoms with Gasteiger partial charge in [0.2, 0.25) is 11.7 Å². The standard InChI is InChI=1S/C12H13NO4S/c1-3-4-7-9(12(14)15)17-11(13-7)10-8(16-2)5-6-18-10/h5-6H,3-4H2,1-2H3,(H,14,15). The SMILES string of the molecule is CCCc1nc(-c2sccc2OC)oc1C(=O)O. The van der Waals surface area contributed by atoms with Crippen molar-refractivity contribution >= 4 is 17.3 Å². The van der Waals surface area contributed by atoms with Gasteiger partial charge in [-0.2, -0.15) is 0 Å². The number of aromatic nitrogens is 1. The second-order valence-electron chi connectivity index (χ2n) is 3.67. The number of hydrogen-bond acceptors (Lipinski definition) is 5. The first kappa shape index (κ1) is 12.6. The van der Waals surface area contributed by atoms with Crippen LogP contribution in [0.25, 0.3) is 10.8 Å². The van der Waals surface area contributed by atoms with Crippen LogP contribution in [-0.2, 0) is 6.42 Å². The summed E-state index contributed by atoms with van der Waals surface area (Å²) in [5, 5.41) is 10.9. The fraction of sp³-hybridized carbons (Fsp3) is 0.333. The van der Waals surface area contributed by atoms with Crippen LogP contribution >= 0.6 is 11.3 Å². The van der Waals surface area contributed by atoms with E-state index in [4.69, 9.17) is 14.3 Å². The van der Waals surface area contributed by atoms with E-state index in [2.05, 4.69) is 4.98 Å². The minimum absolute atomic E-state index is 0.0812. The highest BCUT2D eigenvalue weighted by molar-refractivity contribution is 7.13. The molecule has 0 fully saturated rings. The van der Waals surface area contributed by atoms with Crippen molar-refractivity contribution in [3.8, 4) is 16.5 Å². The molecule has 0 spiro atoms. The molecule has 0 saturated heterocycles. The molecule has 96 valence electrons. The zero-order valence-electron chi connectivity index (χ0n) is 10.1. The molecule has 18 heavy (non-hydrogen) atoms. The molecular formula is C12H13NO4S. The Balaban J connectivity index is 2.46. The van der Waals surface area contributed by atoms with Gasteiger partial charge in [-0.1, -0.05) is 13.3 Å². The predicted octanol–water partition coefficient (Wildman–Crippen LogP) is 3.06. The van der Waals surface area contributed by atoms with Crippen molar-refractivity contribution in [3.63, 3.8) is 0 Å². The first-order chi connectivity index (χ1) is 8.67. The molecule has 0 aliphatic heterocycles. The van der Waals surface area contributed by atoms with Gasteiger partial charge in [-0.25, -0.2) is 9.78 Å². The smallest absolute Gasteiger partial charge is 0.373 e. The average molecular weight is 267 g/mol. The maximum absolute atomic E-state index is 11.1. The van der Waals surface area contributed by atoms with E-state index in [9.17, 15) is 4.79 Å². The number of methoxy groups -OCH3 is 1. The molecule has 2 aromatic heterocycles. The van der Waals surface area contributed by atoms with Crippen LogP contribution in [0, 0.1) is 0 Å². The average Bonchev–Trinajstić information content (AvgIpc) is 2.94. The van der Waals surface area contributed by atoms with Crippen molar-refractivity contribution in [2.24, 2.45) is 0 Å². The second kappa shape index (κ2) is 5.22. The Morgan fingerprint density at radius 3 is 3.00 bits per heavy atom. The number of nitrogens with zero attached hydrogens (tertiary/aromatic N) is 1. The maximum atomic E-state index is 11.1. The van der Waals surface area contributed by atoms with E-state index in [1.807, 2.05) is 12.3 Å². The Bertz CT molecular complexity index is 558. The summed E-state index contributed by atoms with van der Waals surface area (Å²) in [5.74, 6) is -0.223. The quantitative estimate of drug-likeness (QED) is 0.901. The summed E-state index contributed by atoms with van der Waals surface area (Å²) >= 11 is 1.40. The van der Waals surface area contributed by atoms with E-state index in [-0.39, 0.29) is 5.76 Å². The normalized spacial score (nSPS) is 10.6. The Hall–Kier alpha value is -1.82. The lowest BCUT2D eigenvalue weighted by atomic mass is 10.2. The Kier molecular flexibility index (Phi) is 3.66. The highest BCUT2D eigenvalue weighted by Crippen LogP contribution is 2.35. The molecule has 0 unspecified atom stereocenters. The molecule has 0 aliphatic carbocycles. The van der Waals surface area contributed by atoms with E-state index in [0.29, 0.717) is 28.6 Å². The van der Waals surface area contributed by atoms with Crippen LogP contribution in [0.4, 0.5) is 0 Å². The molecule has 0 aromatic carbocycles. The summed E-state index contributed by atoms with van der Waals surface area (Å²) in [6.45, 7) is 1.96. The molecule has 2 rings (SSSR count). The van der Waals surface area contributed by atoms with Gasteiger partial charge in [-0.05, 0) is 17.9 Å². The van der Waals surface area contributed by atoms with E-state index in [1.165, 1.54) is 11.3 Å². The van der Waals surface area contributed by atoms with E-state index in [1.54, 1.807) is 13.2 Å². The number of thiophene rings is 1. The maximum Gasteiger partial charge on any atom is 0.373 e. The van der Waals surface area contributed by atoms with E-state index < -0.39 is 5.97 Å². The molecule has 2 aromatic rings. The van der Waals surface area contributed by atoms with Crippen molar-refractivity contribution in [2.75, 3.05) is 7.11 Å². The highest BCUT2D eigenvalue weighted by atomic mass is 32.1. The number of hydrogen-bond donors (Lipinski definition) is 1. The Morgan fingerprint density at radius 2 is 2.39 bits per heavy atom. The van der Waals surface area contributed by atoms with Gasteiger partial charge >= 0.3 is 5.97 Å². The zero-order valence-corrected chi connectivity index (χ0v) is 10.9. The number of aromatic carboxylic acids is 1. The first-order valence-electron chi connectivity index (χ1n) is 5.52. The van der Waals surface area contributed by atoms with Gasteiger partial charge in [0.1, 0.15) is 10.6 Å². The summed E-state index contributed by atoms with van der Waals surface area (Å²) in [6.07, 6.45) is 1.40. The lowest BCUT2D eigenvalue weighted by Crippen LogP contribution is -1.99. The van der Waals surface area contributed by atoms with Crippen LogP contribution in [0.5, 0.6) is 5.75 Å². The van der Waals surface area contributed by atoms with Crippen LogP contribution in [0.2, 0.25) is 0 Å². The molecule has 0 saturated carbocycles. The minimum Gasteiger partial charge on any atom is -0.495 e. The van der Waals surface area contributed by atoms with Gasteiger partial charge in [0, 0.05) is 0 Å². The minimum atomic E-state index is -1.09. The van der Waals surface area contributed by atoms with Gasteiger partial charge in [0.05, 0.1) is 12.8 Å². The molecular weight excluding hydrogens is 254 g/mol. The summed E-state index contributed by atoms with van der Waals surface area (Å²) in [5.41, 5.74) is 0.482. The molecule has 2 heterocycles. The van der Waals surface area contributed by atoms with Crippen molar-refractivity contribution in [1.29, 1.82) is 0 Å². The Morgan fingerprint density at radius 1 is 1.61 bits per heavy atom. The monoisotopic (exact) mass is 267 g/mol. The Labute approximate surface area is 108 Å². The van der Waals surface area contributed by atoms with Crippen LogP contribution in [0.1, 0.15) is 29.6 Å². The van der Waals surface area contributed by atoms with Crippen LogP contribution in [0.15, 0.2) is 15.9 Å². The highest BCUT2D eigenvalue weighted by Gasteiger charge is 2.22. The van der Waals surface area contributed by atoms with Crippen molar-refractivity contribution in [2.45, 2.75) is 19.8 Å². The molecule has 6 heteroatoms. The number of ether oxygens (including phenoxy) is 1. The van der Waals surface area contributed by atoms with Crippen molar-refractivity contribution in [3.05, 3.63) is 22.9 Å². The zero-order chi connectivity index (χ0) is 13.1. The van der Waals surface area contributed by atoms with Crippen molar-refractivity contribution in [1.82, 2.24) is 4.98 Å². The number of rotatable bonds is 5. The molecule has 0 aliphatic rings. The summed E-state index contributed by atoms with van der Waals surface area (Å²) in [6, 6.07) is 1.80. The second-order valence-corrected chi connectivity index (χ2v) is 4.58. The van der Waals surface area contributed by atoms with E-state index >= 15 is 0 Å². The molecule has 1 N–H and O–H groups in total. The fourth-order valence-corrected chi connectivity index (χ4v) is 2.42. The van der Waals surface area contributed by atoms with Gasteiger partial charge in [0.25, 0.3) is 0 Å². The van der Waals surface area contributed by atoms with Gasteiger partial charge in [-0.15, -0.1) is 11.3 Å². The van der Waals surface area contributed by atoms with Crippen LogP contribution < -0.4 is 4.74 Å². The lowest BCUT2D eigenvalue weighted by Gasteiger charge is -1.96. The third-order valence-electron chi connectivity index (χ3n) is 2.42. The van der Waals surface area contributed by atoms with Gasteiger partial charge in [0.15, 0.2) is 0 Å².